The summed E-state index contributed by atoms with van der Waals surface area (Å²) in [5.41, 5.74) is 2.74. The lowest BCUT2D eigenvalue weighted by molar-refractivity contribution is 0.456. The van der Waals surface area contributed by atoms with Gasteiger partial charge in [-0.2, -0.15) is 0 Å². The van der Waals surface area contributed by atoms with E-state index in [-0.39, 0.29) is 0 Å². The minimum absolute atomic E-state index is 0.373. The van der Waals surface area contributed by atoms with Crippen LogP contribution in [0.25, 0.3) is 0 Å². The molecule has 0 spiro atoms. The van der Waals surface area contributed by atoms with Gasteiger partial charge in [-0.05, 0) is 49.9 Å². The van der Waals surface area contributed by atoms with E-state index in [2.05, 4.69) is 89.7 Å². The average Bonchev–Trinajstić information content (AvgIpc) is 2.46. The van der Waals surface area contributed by atoms with Crippen molar-refractivity contribution in [3.8, 4) is 0 Å². The number of halogens is 1. The molecule has 0 aliphatic heterocycles. The molecule has 0 saturated heterocycles. The van der Waals surface area contributed by atoms with Gasteiger partial charge in [-0.15, -0.1) is 0 Å². The molecule has 2 rings (SSSR count). The predicted octanol–water partition coefficient (Wildman–Crippen LogP) is 5.12. The Labute approximate surface area is 130 Å². The molecule has 0 fully saturated rings. The highest BCUT2D eigenvalue weighted by Crippen LogP contribution is 2.18. The Hall–Kier alpha value is -1.12. The molecule has 1 unspecified atom stereocenters. The summed E-state index contributed by atoms with van der Waals surface area (Å²) in [6.07, 6.45) is 2.28. The van der Waals surface area contributed by atoms with E-state index in [4.69, 9.17) is 0 Å². The van der Waals surface area contributed by atoms with Gasteiger partial charge in [-0.1, -0.05) is 58.4 Å². The van der Waals surface area contributed by atoms with Crippen molar-refractivity contribution >= 4 is 15.9 Å². The molecule has 0 aliphatic carbocycles. The van der Waals surface area contributed by atoms with E-state index in [1.54, 1.807) is 0 Å². The topological polar surface area (TPSA) is 12.0 Å². The third-order valence-corrected chi connectivity index (χ3v) is 4.09. The van der Waals surface area contributed by atoms with Crippen LogP contribution in [-0.2, 0) is 6.42 Å². The summed E-state index contributed by atoms with van der Waals surface area (Å²) in [4.78, 5) is 0. The zero-order valence-corrected chi connectivity index (χ0v) is 13.7. The fourth-order valence-electron chi connectivity index (χ4n) is 2.41. The lowest BCUT2D eigenvalue weighted by Crippen LogP contribution is -2.29. The van der Waals surface area contributed by atoms with E-state index in [0.717, 1.165) is 17.3 Å². The van der Waals surface area contributed by atoms with Crippen LogP contribution in [0.1, 0.15) is 37.4 Å². The summed E-state index contributed by atoms with van der Waals surface area (Å²) >= 11 is 3.53. The SMILES string of the molecule is CC(CCc1ccccc1)N[C@H](C)c1cccc(Br)c1. The Balaban J connectivity index is 1.83. The van der Waals surface area contributed by atoms with Gasteiger partial charge in [0.1, 0.15) is 0 Å². The zero-order valence-electron chi connectivity index (χ0n) is 12.1. The van der Waals surface area contributed by atoms with Gasteiger partial charge in [-0.3, -0.25) is 0 Å². The molecule has 2 aromatic rings. The second-order valence-corrected chi connectivity index (χ2v) is 6.28. The molecule has 2 heteroatoms. The smallest absolute Gasteiger partial charge is 0.0294 e. The molecular formula is C18H22BrN. The van der Waals surface area contributed by atoms with Crippen molar-refractivity contribution in [3.63, 3.8) is 0 Å². The van der Waals surface area contributed by atoms with Crippen LogP contribution >= 0.6 is 15.9 Å². The fraction of sp³-hybridized carbons (Fsp3) is 0.333. The first kappa shape index (κ1) is 15.3. The van der Waals surface area contributed by atoms with Crippen molar-refractivity contribution < 1.29 is 0 Å². The molecule has 2 aromatic carbocycles. The van der Waals surface area contributed by atoms with Gasteiger partial charge in [0.25, 0.3) is 0 Å². The molecule has 0 saturated carbocycles. The van der Waals surface area contributed by atoms with Crippen LogP contribution in [0.15, 0.2) is 59.1 Å². The number of hydrogen-bond acceptors (Lipinski definition) is 1. The maximum Gasteiger partial charge on any atom is 0.0294 e. The van der Waals surface area contributed by atoms with Crippen molar-refractivity contribution in [1.82, 2.24) is 5.32 Å². The Kier molecular flexibility index (Phi) is 5.81. The Morgan fingerprint density at radius 3 is 2.45 bits per heavy atom. The van der Waals surface area contributed by atoms with Crippen molar-refractivity contribution in [1.29, 1.82) is 0 Å². The lowest BCUT2D eigenvalue weighted by Gasteiger charge is -2.20. The van der Waals surface area contributed by atoms with Crippen molar-refractivity contribution in [2.45, 2.75) is 38.8 Å². The van der Waals surface area contributed by atoms with E-state index in [9.17, 15) is 0 Å². The molecule has 20 heavy (non-hydrogen) atoms. The molecule has 2 atom stereocenters. The molecule has 106 valence electrons. The third kappa shape index (κ3) is 4.77. The first-order chi connectivity index (χ1) is 9.65. The molecule has 0 aliphatic rings. The summed E-state index contributed by atoms with van der Waals surface area (Å²) in [5, 5.41) is 3.67. The number of benzene rings is 2. The maximum absolute atomic E-state index is 3.67. The zero-order chi connectivity index (χ0) is 14.4. The molecule has 0 amide bonds. The van der Waals surface area contributed by atoms with Crippen LogP contribution in [0.4, 0.5) is 0 Å². The Bertz CT molecular complexity index is 524. The fourth-order valence-corrected chi connectivity index (χ4v) is 2.83. The van der Waals surface area contributed by atoms with E-state index in [1.165, 1.54) is 11.1 Å². The van der Waals surface area contributed by atoms with Crippen LogP contribution in [0.5, 0.6) is 0 Å². The quantitative estimate of drug-likeness (QED) is 0.774. The summed E-state index contributed by atoms with van der Waals surface area (Å²) in [5.74, 6) is 0. The number of nitrogens with one attached hydrogen (secondary N) is 1. The number of hydrogen-bond donors (Lipinski definition) is 1. The van der Waals surface area contributed by atoms with Gasteiger partial charge in [0, 0.05) is 16.6 Å². The summed E-state index contributed by atoms with van der Waals surface area (Å²) in [6, 6.07) is 20.1. The molecule has 0 bridgehead atoms. The van der Waals surface area contributed by atoms with Crippen LogP contribution in [0.3, 0.4) is 0 Å². The van der Waals surface area contributed by atoms with Crippen molar-refractivity contribution in [2.75, 3.05) is 0 Å². The number of rotatable bonds is 6. The Morgan fingerprint density at radius 2 is 1.75 bits per heavy atom. The predicted molar refractivity (Wildman–Crippen MR) is 89.9 cm³/mol. The summed E-state index contributed by atoms with van der Waals surface area (Å²) < 4.78 is 1.14. The monoisotopic (exact) mass is 331 g/mol. The molecule has 1 nitrogen and oxygen atoms in total. The van der Waals surface area contributed by atoms with Gasteiger partial charge < -0.3 is 5.32 Å². The van der Waals surface area contributed by atoms with Crippen LogP contribution in [0.2, 0.25) is 0 Å². The third-order valence-electron chi connectivity index (χ3n) is 3.59. The second kappa shape index (κ2) is 7.61. The molecule has 0 radical (unpaired) electrons. The van der Waals surface area contributed by atoms with Crippen LogP contribution < -0.4 is 5.32 Å². The van der Waals surface area contributed by atoms with Crippen LogP contribution in [-0.4, -0.2) is 6.04 Å². The van der Waals surface area contributed by atoms with Gasteiger partial charge in [0.15, 0.2) is 0 Å². The van der Waals surface area contributed by atoms with Gasteiger partial charge in [-0.25, -0.2) is 0 Å². The summed E-state index contributed by atoms with van der Waals surface area (Å²) in [6.45, 7) is 4.48. The van der Waals surface area contributed by atoms with Gasteiger partial charge in [0.2, 0.25) is 0 Å². The highest BCUT2D eigenvalue weighted by molar-refractivity contribution is 9.10. The largest absolute Gasteiger partial charge is 0.308 e. The van der Waals surface area contributed by atoms with Gasteiger partial charge in [0.05, 0.1) is 0 Å². The highest BCUT2D eigenvalue weighted by Gasteiger charge is 2.09. The number of aryl methyl sites for hydroxylation is 1. The first-order valence-electron chi connectivity index (χ1n) is 7.20. The van der Waals surface area contributed by atoms with Gasteiger partial charge >= 0.3 is 0 Å². The molecule has 0 aromatic heterocycles. The minimum atomic E-state index is 0.373. The lowest BCUT2D eigenvalue weighted by atomic mass is 10.0. The maximum atomic E-state index is 3.67. The molecular weight excluding hydrogens is 310 g/mol. The normalized spacial score (nSPS) is 13.9. The summed E-state index contributed by atoms with van der Waals surface area (Å²) in [7, 11) is 0. The van der Waals surface area contributed by atoms with E-state index in [1.807, 2.05) is 0 Å². The average molecular weight is 332 g/mol. The van der Waals surface area contributed by atoms with E-state index >= 15 is 0 Å². The first-order valence-corrected chi connectivity index (χ1v) is 8.00. The van der Waals surface area contributed by atoms with Crippen LogP contribution in [0, 0.1) is 0 Å². The van der Waals surface area contributed by atoms with E-state index < -0.39 is 0 Å². The molecule has 1 N–H and O–H groups in total. The minimum Gasteiger partial charge on any atom is -0.308 e. The Morgan fingerprint density at radius 1 is 1.00 bits per heavy atom. The second-order valence-electron chi connectivity index (χ2n) is 5.37. The standard InChI is InChI=1S/C18H22BrN/c1-14(11-12-16-7-4-3-5-8-16)20-15(2)17-9-6-10-18(19)13-17/h3-10,13-15,20H,11-12H2,1-2H3/t14?,15-/m1/s1. The van der Waals surface area contributed by atoms with Crippen molar-refractivity contribution in [3.05, 3.63) is 70.2 Å². The highest BCUT2D eigenvalue weighted by atomic mass is 79.9. The van der Waals surface area contributed by atoms with E-state index in [0.29, 0.717) is 12.1 Å². The van der Waals surface area contributed by atoms with Crippen molar-refractivity contribution in [2.24, 2.45) is 0 Å². The molecule has 0 heterocycles.